The third-order valence-corrected chi connectivity index (χ3v) is 3.98. The molecule has 1 atom stereocenters. The highest BCUT2D eigenvalue weighted by molar-refractivity contribution is 9.10. The van der Waals surface area contributed by atoms with Gasteiger partial charge in [-0.05, 0) is 59.2 Å². The molecule has 2 aromatic rings. The van der Waals surface area contributed by atoms with E-state index in [0.717, 1.165) is 16.9 Å². The minimum absolute atomic E-state index is 0.196. The zero-order valence-electron chi connectivity index (χ0n) is 11.7. The van der Waals surface area contributed by atoms with Crippen LogP contribution in [0.1, 0.15) is 22.7 Å². The molecule has 2 rings (SSSR count). The second kappa shape index (κ2) is 6.37. The second-order valence-electron chi connectivity index (χ2n) is 4.59. The Labute approximate surface area is 127 Å². The third kappa shape index (κ3) is 2.86. The highest BCUT2D eigenvalue weighted by Crippen LogP contribution is 2.31. The van der Waals surface area contributed by atoms with Crippen LogP contribution in [-0.4, -0.2) is 14.2 Å². The average molecular weight is 338 g/mol. The fraction of sp³-hybridized carbons (Fsp3) is 0.250. The molecule has 0 aliphatic carbocycles. The van der Waals surface area contributed by atoms with E-state index in [1.54, 1.807) is 19.2 Å². The summed E-state index contributed by atoms with van der Waals surface area (Å²) in [7, 11) is 3.46. The first-order valence-corrected chi connectivity index (χ1v) is 7.13. The van der Waals surface area contributed by atoms with Crippen molar-refractivity contribution in [3.05, 3.63) is 63.4 Å². The summed E-state index contributed by atoms with van der Waals surface area (Å²) in [6.45, 7) is 2.00. The molecule has 0 aliphatic rings. The van der Waals surface area contributed by atoms with Crippen molar-refractivity contribution in [2.45, 2.75) is 13.0 Å². The van der Waals surface area contributed by atoms with Crippen LogP contribution in [-0.2, 0) is 0 Å². The largest absolute Gasteiger partial charge is 0.497 e. The Morgan fingerprint density at radius 1 is 1.20 bits per heavy atom. The molecule has 0 aromatic heterocycles. The summed E-state index contributed by atoms with van der Waals surface area (Å²) in [4.78, 5) is 0. The Balaban J connectivity index is 2.50. The first-order chi connectivity index (χ1) is 9.58. The molecule has 20 heavy (non-hydrogen) atoms. The highest BCUT2D eigenvalue weighted by Gasteiger charge is 2.19. The second-order valence-corrected chi connectivity index (χ2v) is 5.44. The molecule has 2 aromatic carbocycles. The Morgan fingerprint density at radius 3 is 2.55 bits per heavy atom. The lowest BCUT2D eigenvalue weighted by molar-refractivity contribution is 0.414. The summed E-state index contributed by atoms with van der Waals surface area (Å²) >= 11 is 3.23. The first-order valence-electron chi connectivity index (χ1n) is 6.34. The fourth-order valence-electron chi connectivity index (χ4n) is 2.32. The number of methoxy groups -OCH3 is 1. The molecule has 0 amide bonds. The number of hydrogen-bond donors (Lipinski definition) is 1. The SMILES string of the molecule is CNC(c1ccc(OC)cc1C)c1cccc(Br)c1F. The maximum Gasteiger partial charge on any atom is 0.142 e. The standard InChI is InChI=1S/C16H17BrFNO/c1-10-9-11(20-3)7-8-12(10)16(19-2)13-5-4-6-14(17)15(13)18/h4-9,16,19H,1-3H3. The van der Waals surface area contributed by atoms with Crippen molar-refractivity contribution in [3.8, 4) is 5.75 Å². The fourth-order valence-corrected chi connectivity index (χ4v) is 2.70. The monoisotopic (exact) mass is 337 g/mol. The van der Waals surface area contributed by atoms with Crippen LogP contribution in [0, 0.1) is 12.7 Å². The summed E-state index contributed by atoms with van der Waals surface area (Å²) < 4.78 is 20.0. The molecule has 0 radical (unpaired) electrons. The van der Waals surface area contributed by atoms with Crippen LogP contribution in [0.15, 0.2) is 40.9 Å². The average Bonchev–Trinajstić information content (AvgIpc) is 2.45. The summed E-state index contributed by atoms with van der Waals surface area (Å²) in [5, 5.41) is 3.18. The number of nitrogens with one attached hydrogen (secondary N) is 1. The van der Waals surface area contributed by atoms with Crippen LogP contribution in [0.2, 0.25) is 0 Å². The van der Waals surface area contributed by atoms with Crippen LogP contribution < -0.4 is 10.1 Å². The predicted molar refractivity (Wildman–Crippen MR) is 82.7 cm³/mol. The van der Waals surface area contributed by atoms with Crippen molar-refractivity contribution >= 4 is 15.9 Å². The molecule has 0 spiro atoms. The van der Waals surface area contributed by atoms with Crippen LogP contribution in [0.5, 0.6) is 5.75 Å². The minimum atomic E-state index is -0.234. The van der Waals surface area contributed by atoms with Crippen molar-refractivity contribution in [3.63, 3.8) is 0 Å². The van der Waals surface area contributed by atoms with E-state index < -0.39 is 0 Å². The van der Waals surface area contributed by atoms with Gasteiger partial charge in [0.05, 0.1) is 17.6 Å². The van der Waals surface area contributed by atoms with Gasteiger partial charge in [-0.3, -0.25) is 0 Å². The molecule has 1 N–H and O–H groups in total. The summed E-state index contributed by atoms with van der Waals surface area (Å²) in [6.07, 6.45) is 0. The number of ether oxygens (including phenoxy) is 1. The number of halogens is 2. The van der Waals surface area contributed by atoms with E-state index >= 15 is 0 Å². The van der Waals surface area contributed by atoms with Crippen LogP contribution in [0.3, 0.4) is 0 Å². The van der Waals surface area contributed by atoms with Gasteiger partial charge in [0.1, 0.15) is 11.6 Å². The molecule has 4 heteroatoms. The topological polar surface area (TPSA) is 21.3 Å². The Kier molecular flexibility index (Phi) is 4.78. The minimum Gasteiger partial charge on any atom is -0.497 e. The molecular formula is C16H17BrFNO. The van der Waals surface area contributed by atoms with E-state index in [4.69, 9.17) is 4.74 Å². The van der Waals surface area contributed by atoms with Crippen LogP contribution in [0.4, 0.5) is 4.39 Å². The molecule has 1 unspecified atom stereocenters. The van der Waals surface area contributed by atoms with Crippen molar-refractivity contribution in [2.24, 2.45) is 0 Å². The maximum absolute atomic E-state index is 14.3. The van der Waals surface area contributed by atoms with E-state index in [9.17, 15) is 4.39 Å². The molecule has 0 fully saturated rings. The lowest BCUT2D eigenvalue weighted by Gasteiger charge is -2.21. The van der Waals surface area contributed by atoms with Crippen molar-refractivity contribution in [1.82, 2.24) is 5.32 Å². The Hall–Kier alpha value is -1.39. The van der Waals surface area contributed by atoms with E-state index in [-0.39, 0.29) is 11.9 Å². The molecule has 0 bridgehead atoms. The van der Waals surface area contributed by atoms with E-state index in [0.29, 0.717) is 10.0 Å². The number of rotatable bonds is 4. The van der Waals surface area contributed by atoms with Gasteiger partial charge in [0.15, 0.2) is 0 Å². The van der Waals surface area contributed by atoms with Gasteiger partial charge in [-0.15, -0.1) is 0 Å². The van der Waals surface area contributed by atoms with Crippen LogP contribution >= 0.6 is 15.9 Å². The number of aryl methyl sites for hydroxylation is 1. The lowest BCUT2D eigenvalue weighted by Crippen LogP contribution is -2.20. The summed E-state index contributed by atoms with van der Waals surface area (Å²) in [5.74, 6) is 0.567. The number of hydrogen-bond acceptors (Lipinski definition) is 2. The maximum atomic E-state index is 14.3. The molecule has 106 valence electrons. The molecule has 0 heterocycles. The predicted octanol–water partition coefficient (Wildman–Crippen LogP) is 4.21. The zero-order chi connectivity index (χ0) is 14.7. The Morgan fingerprint density at radius 2 is 1.95 bits per heavy atom. The molecule has 0 aliphatic heterocycles. The molecule has 0 saturated carbocycles. The van der Waals surface area contributed by atoms with E-state index in [1.165, 1.54) is 0 Å². The summed E-state index contributed by atoms with van der Waals surface area (Å²) in [5.41, 5.74) is 2.71. The molecular weight excluding hydrogens is 321 g/mol. The van der Waals surface area contributed by atoms with Gasteiger partial charge >= 0.3 is 0 Å². The van der Waals surface area contributed by atoms with Gasteiger partial charge in [-0.1, -0.05) is 18.2 Å². The normalized spacial score (nSPS) is 12.2. The van der Waals surface area contributed by atoms with Gasteiger partial charge in [0.25, 0.3) is 0 Å². The Bertz CT molecular complexity index is 615. The molecule has 0 saturated heterocycles. The van der Waals surface area contributed by atoms with Gasteiger partial charge in [0, 0.05) is 5.56 Å². The zero-order valence-corrected chi connectivity index (χ0v) is 13.3. The highest BCUT2D eigenvalue weighted by atomic mass is 79.9. The van der Waals surface area contributed by atoms with Gasteiger partial charge in [-0.25, -0.2) is 4.39 Å². The quantitative estimate of drug-likeness (QED) is 0.902. The summed E-state index contributed by atoms with van der Waals surface area (Å²) in [6, 6.07) is 11.0. The lowest BCUT2D eigenvalue weighted by atomic mass is 9.94. The van der Waals surface area contributed by atoms with E-state index in [1.807, 2.05) is 38.2 Å². The third-order valence-electron chi connectivity index (χ3n) is 3.37. The van der Waals surface area contributed by atoms with Gasteiger partial charge in [0.2, 0.25) is 0 Å². The van der Waals surface area contributed by atoms with Crippen LogP contribution in [0.25, 0.3) is 0 Å². The van der Waals surface area contributed by atoms with Crippen molar-refractivity contribution in [2.75, 3.05) is 14.2 Å². The van der Waals surface area contributed by atoms with Crippen molar-refractivity contribution in [1.29, 1.82) is 0 Å². The molecule has 2 nitrogen and oxygen atoms in total. The van der Waals surface area contributed by atoms with Gasteiger partial charge in [-0.2, -0.15) is 0 Å². The van der Waals surface area contributed by atoms with Crippen molar-refractivity contribution < 1.29 is 9.13 Å². The number of benzene rings is 2. The first kappa shape index (κ1) is 15.0. The van der Waals surface area contributed by atoms with Gasteiger partial charge < -0.3 is 10.1 Å². The smallest absolute Gasteiger partial charge is 0.142 e. The van der Waals surface area contributed by atoms with E-state index in [2.05, 4.69) is 21.2 Å².